The molecule has 0 saturated carbocycles. The summed E-state index contributed by atoms with van der Waals surface area (Å²) in [4.78, 5) is 22.4. The molecule has 0 radical (unpaired) electrons. The maximum Gasteiger partial charge on any atom is 0.126 e. The zero-order valence-corrected chi connectivity index (χ0v) is 62.9. The Morgan fingerprint density at radius 1 is 0.207 bits per heavy atom. The highest BCUT2D eigenvalue weighted by Gasteiger charge is 2.38. The number of aromatic nitrogens is 4. The van der Waals surface area contributed by atoms with Crippen molar-refractivity contribution in [3.63, 3.8) is 0 Å². The lowest BCUT2D eigenvalue weighted by molar-refractivity contribution is 0.956. The number of aryl methyl sites for hydroxylation is 4. The number of hydrogen-bond donors (Lipinski definition) is 0. The lowest BCUT2D eigenvalue weighted by atomic mass is 9.80. The van der Waals surface area contributed by atoms with E-state index in [0.717, 1.165) is 83.4 Å². The summed E-state index contributed by atoms with van der Waals surface area (Å²) in [6.45, 7) is 55.9. The maximum atomic E-state index is 4.33. The molecule has 0 saturated heterocycles. The van der Waals surface area contributed by atoms with Crippen LogP contribution in [0.2, 0.25) is 0 Å². The van der Waals surface area contributed by atoms with Gasteiger partial charge in [-0.05, 0) is 107 Å². The Balaban J connectivity index is 0.000000566. The predicted octanol–water partition coefficient (Wildman–Crippen LogP) is 26.5. The van der Waals surface area contributed by atoms with Crippen LogP contribution in [0.4, 0.5) is 34.1 Å². The third kappa shape index (κ3) is 18.6. The van der Waals surface area contributed by atoms with Crippen molar-refractivity contribution >= 4 is 55.9 Å². The molecule has 6 aliphatic heterocycles. The van der Waals surface area contributed by atoms with E-state index < -0.39 is 0 Å². The summed E-state index contributed by atoms with van der Waals surface area (Å²) in [5.74, 6) is 1.68. The van der Waals surface area contributed by atoms with E-state index in [1.54, 1.807) is 0 Å². The van der Waals surface area contributed by atoms with Crippen LogP contribution in [0.1, 0.15) is 256 Å². The van der Waals surface area contributed by atoms with Gasteiger partial charge < -0.3 is 9.80 Å². The molecule has 0 fully saturated rings. The Morgan fingerprint density at radius 2 is 0.370 bits per heavy atom. The molecule has 496 valence electrons. The second-order valence-electron chi connectivity index (χ2n) is 19.0. The highest BCUT2D eigenvalue weighted by molar-refractivity contribution is 5.95. The Morgan fingerprint density at radius 3 is 0.543 bits per heavy atom. The van der Waals surface area contributed by atoms with Crippen molar-refractivity contribution in [2.24, 2.45) is 0 Å². The van der Waals surface area contributed by atoms with Crippen molar-refractivity contribution < 1.29 is 0 Å². The molecule has 6 heteroatoms. The van der Waals surface area contributed by atoms with E-state index in [-0.39, 0.29) is 0 Å². The molecule has 0 unspecified atom stereocenters. The van der Waals surface area contributed by atoms with Crippen molar-refractivity contribution in [2.45, 2.75) is 232 Å². The van der Waals surface area contributed by atoms with Crippen molar-refractivity contribution in [2.75, 3.05) is 9.80 Å². The first-order valence-corrected chi connectivity index (χ1v) is 36.0. The first-order valence-electron chi connectivity index (χ1n) is 36.0. The SMILES string of the molecule is CC.CC.CC.CC.CC.CC.CC.CC.CC.CC.CC.CC.Cc1nc(C)c2ccccc2n1.Cc1nc(C)c2ccccc2n1.c1cc2c3c(c1)Cc1cccc4c1N3c1c(cccc1C4)C2.c1cc2c3c(c1)Cc1cccc4c1N3c1c(cccc1C4)C2. The van der Waals surface area contributed by atoms with Crippen LogP contribution in [-0.4, -0.2) is 19.9 Å². The average molecular weight is 1240 g/mol. The molecule has 16 rings (SSSR count). The highest BCUT2D eigenvalue weighted by Crippen LogP contribution is 2.57. The van der Waals surface area contributed by atoms with E-state index in [2.05, 4.69) is 139 Å². The zero-order chi connectivity index (χ0) is 69.6. The summed E-state index contributed by atoms with van der Waals surface area (Å²) in [5, 5.41) is 2.28. The fourth-order valence-corrected chi connectivity index (χ4v) is 12.0. The molecular formula is C86H122N6. The summed E-state index contributed by atoms with van der Waals surface area (Å²) in [5.41, 5.74) is 30.6. The Labute approximate surface area is 562 Å². The number of anilines is 6. The van der Waals surface area contributed by atoms with Crippen molar-refractivity contribution in [3.8, 4) is 0 Å². The topological polar surface area (TPSA) is 58.0 Å². The summed E-state index contributed by atoms with van der Waals surface area (Å²) in [6.07, 6.45) is 6.42. The van der Waals surface area contributed by atoms with Gasteiger partial charge >= 0.3 is 0 Å². The lowest BCUT2D eigenvalue weighted by Gasteiger charge is -2.44. The summed E-state index contributed by atoms with van der Waals surface area (Å²) >= 11 is 0. The fourth-order valence-electron chi connectivity index (χ4n) is 12.0. The summed E-state index contributed by atoms with van der Waals surface area (Å²) in [6, 6.07) is 57.1. The molecule has 0 N–H and O–H groups in total. The van der Waals surface area contributed by atoms with Gasteiger partial charge in [0.25, 0.3) is 0 Å². The number of nitrogens with zero attached hydrogens (tertiary/aromatic N) is 6. The third-order valence-corrected chi connectivity index (χ3v) is 14.7. The molecule has 0 spiro atoms. The zero-order valence-electron chi connectivity index (χ0n) is 62.9. The Bertz CT molecular complexity index is 3100. The first kappa shape index (κ1) is 82.1. The lowest BCUT2D eigenvalue weighted by Crippen LogP contribution is -2.29. The quantitative estimate of drug-likeness (QED) is 0.151. The number of hydrogen-bond acceptors (Lipinski definition) is 6. The van der Waals surface area contributed by atoms with Crippen LogP contribution in [-0.2, 0) is 38.5 Å². The van der Waals surface area contributed by atoms with Crippen LogP contribution in [0.5, 0.6) is 0 Å². The monoisotopic (exact) mass is 1240 g/mol. The first-order chi connectivity index (χ1) is 45.3. The molecule has 0 atom stereocenters. The smallest absolute Gasteiger partial charge is 0.126 e. The van der Waals surface area contributed by atoms with Gasteiger partial charge in [-0.25, -0.2) is 19.9 Å². The molecule has 6 aliphatic rings. The standard InChI is InChI=1S/2C21H15N.2C10H10N2.12C2H6/c2*1-4-13-10-15-6-2-8-17-12-18-9-3-7-16-11-14(5-1)19(13)22(20(15)17)21(16)18;2*1-7-9-5-3-4-6-10(9)12-8(2)11-7;12*1-2/h2*1-9H,10-12H2;2*3-6H,1-2H3;12*1-2H3. The van der Waals surface area contributed by atoms with Gasteiger partial charge in [0, 0.05) is 60.7 Å². The maximum absolute atomic E-state index is 4.33. The minimum Gasteiger partial charge on any atom is -0.309 e. The number of para-hydroxylation sites is 8. The van der Waals surface area contributed by atoms with E-state index >= 15 is 0 Å². The largest absolute Gasteiger partial charge is 0.309 e. The predicted molar refractivity (Wildman–Crippen MR) is 413 cm³/mol. The molecule has 2 aromatic heterocycles. The average Bonchev–Trinajstić information content (AvgIpc) is 0.719. The number of benzene rings is 8. The highest BCUT2D eigenvalue weighted by atomic mass is 15.2. The Kier molecular flexibility index (Phi) is 39.7. The van der Waals surface area contributed by atoms with Gasteiger partial charge in [0.15, 0.2) is 0 Å². The molecular weight excluding hydrogens is 1120 g/mol. The van der Waals surface area contributed by atoms with Crippen LogP contribution >= 0.6 is 0 Å². The third-order valence-electron chi connectivity index (χ3n) is 14.7. The van der Waals surface area contributed by atoms with Crippen LogP contribution < -0.4 is 9.80 Å². The minimum absolute atomic E-state index is 0.839. The molecule has 8 aromatic carbocycles. The van der Waals surface area contributed by atoms with Crippen LogP contribution in [0.3, 0.4) is 0 Å². The Hall–Kier alpha value is -7.96. The molecule has 8 heterocycles. The van der Waals surface area contributed by atoms with Crippen molar-refractivity contribution in [1.29, 1.82) is 0 Å². The minimum atomic E-state index is 0.839. The van der Waals surface area contributed by atoms with Crippen LogP contribution in [0, 0.1) is 27.7 Å². The number of rotatable bonds is 0. The fraction of sp³-hybridized carbons (Fsp3) is 0.395. The molecule has 92 heavy (non-hydrogen) atoms. The van der Waals surface area contributed by atoms with E-state index in [4.69, 9.17) is 0 Å². The molecule has 6 nitrogen and oxygen atoms in total. The molecule has 10 aromatic rings. The van der Waals surface area contributed by atoms with Crippen LogP contribution in [0.25, 0.3) is 21.8 Å². The second-order valence-corrected chi connectivity index (χ2v) is 19.0. The van der Waals surface area contributed by atoms with Gasteiger partial charge in [0.1, 0.15) is 11.6 Å². The van der Waals surface area contributed by atoms with Gasteiger partial charge in [-0.15, -0.1) is 0 Å². The molecule has 0 aliphatic carbocycles. The van der Waals surface area contributed by atoms with Gasteiger partial charge in [-0.3, -0.25) is 0 Å². The normalized spacial score (nSPS) is 11.0. The van der Waals surface area contributed by atoms with E-state index in [9.17, 15) is 0 Å². The van der Waals surface area contributed by atoms with E-state index in [1.807, 2.05) is 242 Å². The second kappa shape index (κ2) is 44.5. The van der Waals surface area contributed by atoms with Crippen molar-refractivity contribution in [1.82, 2.24) is 19.9 Å². The van der Waals surface area contributed by atoms with Crippen LogP contribution in [0.15, 0.2) is 158 Å². The molecule has 0 bridgehead atoms. The van der Waals surface area contributed by atoms with Crippen molar-refractivity contribution in [3.05, 3.63) is 248 Å². The van der Waals surface area contributed by atoms with Gasteiger partial charge in [-0.1, -0.05) is 312 Å². The van der Waals surface area contributed by atoms with E-state index in [1.165, 1.54) is 101 Å². The summed E-state index contributed by atoms with van der Waals surface area (Å²) < 4.78 is 0. The van der Waals surface area contributed by atoms with Gasteiger partial charge in [0.2, 0.25) is 0 Å². The van der Waals surface area contributed by atoms with E-state index in [0.29, 0.717) is 0 Å². The van der Waals surface area contributed by atoms with Gasteiger partial charge in [0.05, 0.1) is 45.2 Å². The number of fused-ring (bicyclic) bond motifs is 2. The summed E-state index contributed by atoms with van der Waals surface area (Å²) in [7, 11) is 0. The molecule has 0 amide bonds. The van der Waals surface area contributed by atoms with Gasteiger partial charge in [-0.2, -0.15) is 0 Å².